The molecule has 1 atom stereocenters. The highest BCUT2D eigenvalue weighted by molar-refractivity contribution is 6.13. The molecule has 3 aromatic carbocycles. The maximum Gasteiger partial charge on any atom is 0.245 e. The Hall–Kier alpha value is -3.67. The molecule has 3 heterocycles. The molecule has 0 N–H and O–H groups in total. The lowest BCUT2D eigenvalue weighted by atomic mass is 9.74. The number of hydrogen-bond acceptors (Lipinski definition) is 5. The third kappa shape index (κ3) is 2.91. The van der Waals surface area contributed by atoms with Crippen LogP contribution in [0.4, 0.5) is 5.69 Å². The first-order chi connectivity index (χ1) is 16.7. The number of methoxy groups -OCH3 is 1. The van der Waals surface area contributed by atoms with Gasteiger partial charge in [-0.15, -0.1) is 0 Å². The summed E-state index contributed by atoms with van der Waals surface area (Å²) in [6.45, 7) is 3.30. The lowest BCUT2D eigenvalue weighted by Gasteiger charge is -2.24. The Labute approximate surface area is 199 Å². The molecule has 0 saturated heterocycles. The average molecular weight is 458 g/mol. The largest absolute Gasteiger partial charge is 0.497 e. The van der Waals surface area contributed by atoms with Crippen molar-refractivity contribution < 1.29 is 23.7 Å². The number of fused-ring (bicyclic) bond motifs is 5. The fourth-order valence-electron chi connectivity index (χ4n) is 5.44. The van der Waals surface area contributed by atoms with Gasteiger partial charge < -0.3 is 23.8 Å². The van der Waals surface area contributed by atoms with Gasteiger partial charge in [0, 0.05) is 29.4 Å². The number of carbonyl (C=O) groups is 1. The lowest BCUT2D eigenvalue weighted by Crippen LogP contribution is -2.43. The molecule has 3 aliphatic rings. The van der Waals surface area contributed by atoms with Gasteiger partial charge in [-0.25, -0.2) is 0 Å². The van der Waals surface area contributed by atoms with Crippen LogP contribution in [-0.4, -0.2) is 33.0 Å². The van der Waals surface area contributed by atoms with E-state index >= 15 is 0 Å². The summed E-state index contributed by atoms with van der Waals surface area (Å²) in [7, 11) is 1.66. The van der Waals surface area contributed by atoms with Gasteiger partial charge in [-0.2, -0.15) is 0 Å². The van der Waals surface area contributed by atoms with Crippen molar-refractivity contribution in [2.24, 2.45) is 0 Å². The van der Waals surface area contributed by atoms with Crippen molar-refractivity contribution in [3.63, 3.8) is 0 Å². The summed E-state index contributed by atoms with van der Waals surface area (Å²) in [5, 5.41) is 0. The van der Waals surface area contributed by atoms with Gasteiger partial charge in [-0.3, -0.25) is 4.79 Å². The highest BCUT2D eigenvalue weighted by atomic mass is 16.7. The van der Waals surface area contributed by atoms with E-state index in [-0.39, 0.29) is 19.3 Å². The molecular weight excluding hydrogens is 430 g/mol. The molecule has 0 radical (unpaired) electrons. The molecule has 1 unspecified atom stereocenters. The zero-order valence-electron chi connectivity index (χ0n) is 19.4. The second kappa shape index (κ2) is 7.97. The monoisotopic (exact) mass is 457 g/mol. The van der Waals surface area contributed by atoms with Gasteiger partial charge in [0.15, 0.2) is 11.5 Å². The molecular formula is C28H27NO5. The second-order valence-electron chi connectivity index (χ2n) is 8.99. The molecule has 174 valence electrons. The van der Waals surface area contributed by atoms with Crippen LogP contribution in [0.15, 0.2) is 54.6 Å². The molecule has 1 amide bonds. The number of amides is 1. The number of carbonyl (C=O) groups excluding carboxylic acids is 1. The number of benzene rings is 3. The predicted molar refractivity (Wildman–Crippen MR) is 129 cm³/mol. The lowest BCUT2D eigenvalue weighted by molar-refractivity contribution is -0.122. The normalized spacial score (nSPS) is 19.4. The highest BCUT2D eigenvalue weighted by Gasteiger charge is 2.58. The van der Waals surface area contributed by atoms with Crippen molar-refractivity contribution in [3.05, 3.63) is 65.7 Å². The van der Waals surface area contributed by atoms with E-state index in [0.717, 1.165) is 53.0 Å². The molecule has 0 saturated carbocycles. The summed E-state index contributed by atoms with van der Waals surface area (Å²) in [5.41, 5.74) is 3.95. The second-order valence-corrected chi connectivity index (χ2v) is 8.99. The maximum absolute atomic E-state index is 14.3. The van der Waals surface area contributed by atoms with Crippen LogP contribution < -0.4 is 23.8 Å². The number of rotatable bonds is 6. The van der Waals surface area contributed by atoms with E-state index in [0.29, 0.717) is 23.8 Å². The van der Waals surface area contributed by atoms with E-state index in [1.807, 2.05) is 47.4 Å². The summed E-state index contributed by atoms with van der Waals surface area (Å²) < 4.78 is 22.8. The summed E-state index contributed by atoms with van der Waals surface area (Å²) in [6, 6.07) is 18.0. The Morgan fingerprint density at radius 1 is 0.971 bits per heavy atom. The Morgan fingerprint density at radius 2 is 1.76 bits per heavy atom. The fraction of sp³-hybridized carbons (Fsp3) is 0.321. The van der Waals surface area contributed by atoms with Gasteiger partial charge >= 0.3 is 0 Å². The van der Waals surface area contributed by atoms with Crippen molar-refractivity contribution >= 4 is 11.6 Å². The molecule has 1 spiro atoms. The first-order valence-corrected chi connectivity index (χ1v) is 11.8. The third-order valence-electron chi connectivity index (χ3n) is 7.14. The molecule has 3 aromatic rings. The number of anilines is 1. The Bertz CT molecular complexity index is 1270. The van der Waals surface area contributed by atoms with Gasteiger partial charge in [0.2, 0.25) is 12.7 Å². The summed E-state index contributed by atoms with van der Waals surface area (Å²) in [5.74, 6) is 2.86. The van der Waals surface area contributed by atoms with Crippen molar-refractivity contribution in [1.82, 2.24) is 0 Å². The van der Waals surface area contributed by atoms with Crippen LogP contribution in [0.2, 0.25) is 0 Å². The van der Waals surface area contributed by atoms with Gasteiger partial charge in [0.1, 0.15) is 23.5 Å². The molecule has 3 aliphatic heterocycles. The van der Waals surface area contributed by atoms with E-state index in [1.165, 1.54) is 0 Å². The summed E-state index contributed by atoms with van der Waals surface area (Å²) >= 11 is 0. The first kappa shape index (κ1) is 20.9. The van der Waals surface area contributed by atoms with E-state index in [2.05, 4.69) is 19.1 Å². The van der Waals surface area contributed by atoms with Crippen molar-refractivity contribution in [2.45, 2.75) is 31.6 Å². The molecule has 6 nitrogen and oxygen atoms in total. The van der Waals surface area contributed by atoms with E-state index in [9.17, 15) is 4.79 Å². The van der Waals surface area contributed by atoms with Gasteiger partial charge in [-0.05, 0) is 41.8 Å². The highest BCUT2D eigenvalue weighted by Crippen LogP contribution is 2.57. The molecule has 0 aliphatic carbocycles. The number of nitrogens with zero attached hydrogens (tertiary/aromatic N) is 1. The predicted octanol–water partition coefficient (Wildman–Crippen LogP) is 5.31. The van der Waals surface area contributed by atoms with Crippen LogP contribution in [0.3, 0.4) is 0 Å². The van der Waals surface area contributed by atoms with Crippen LogP contribution in [0.1, 0.15) is 37.3 Å². The van der Waals surface area contributed by atoms with Gasteiger partial charge in [0.25, 0.3) is 0 Å². The van der Waals surface area contributed by atoms with Crippen LogP contribution in [-0.2, 0) is 10.2 Å². The quantitative estimate of drug-likeness (QED) is 0.470. The van der Waals surface area contributed by atoms with Crippen molar-refractivity contribution in [2.75, 3.05) is 32.0 Å². The smallest absolute Gasteiger partial charge is 0.245 e. The molecule has 6 heteroatoms. The number of hydrogen-bond donors (Lipinski definition) is 0. The van der Waals surface area contributed by atoms with Crippen LogP contribution in [0, 0.1) is 0 Å². The Balaban J connectivity index is 1.56. The minimum absolute atomic E-state index is 0.0668. The van der Waals surface area contributed by atoms with Gasteiger partial charge in [-0.1, -0.05) is 44.0 Å². The molecule has 0 bridgehead atoms. The first-order valence-electron chi connectivity index (χ1n) is 11.8. The Kier molecular flexibility index (Phi) is 4.90. The standard InChI is InChI=1S/C28H27NO5/c1-3-4-5-13-29-22-8-6-7-20(18-9-11-19(31-2)12-10-18)26(22)28(27(29)30)16-32-23-15-25-24(14-21(23)28)33-17-34-25/h6-12,14-15H,3-5,13,16-17H2,1-2H3. The van der Waals surface area contributed by atoms with Gasteiger partial charge in [0.05, 0.1) is 7.11 Å². The number of ether oxygens (including phenoxy) is 4. The zero-order valence-corrected chi connectivity index (χ0v) is 19.4. The molecule has 0 aromatic heterocycles. The zero-order chi connectivity index (χ0) is 23.3. The third-order valence-corrected chi connectivity index (χ3v) is 7.14. The summed E-state index contributed by atoms with van der Waals surface area (Å²) in [6.07, 6.45) is 3.14. The van der Waals surface area contributed by atoms with Crippen molar-refractivity contribution in [3.8, 4) is 34.1 Å². The van der Waals surface area contributed by atoms with E-state index in [4.69, 9.17) is 18.9 Å². The minimum Gasteiger partial charge on any atom is -0.497 e. The SMILES string of the molecule is CCCCCN1C(=O)C2(COc3cc4c(cc32)OCO4)c2c(-c3ccc(OC)cc3)cccc21. The fourth-order valence-corrected chi connectivity index (χ4v) is 5.44. The van der Waals surface area contributed by atoms with Crippen LogP contribution in [0.25, 0.3) is 11.1 Å². The molecule has 0 fully saturated rings. The Morgan fingerprint density at radius 3 is 2.53 bits per heavy atom. The molecule has 6 rings (SSSR count). The van der Waals surface area contributed by atoms with Crippen molar-refractivity contribution in [1.29, 1.82) is 0 Å². The summed E-state index contributed by atoms with van der Waals surface area (Å²) in [4.78, 5) is 16.2. The maximum atomic E-state index is 14.3. The van der Waals surface area contributed by atoms with E-state index in [1.54, 1.807) is 7.11 Å². The molecule has 34 heavy (non-hydrogen) atoms. The average Bonchev–Trinajstić information content (AvgIpc) is 3.55. The number of unbranched alkanes of at least 4 members (excludes halogenated alkanes) is 2. The van der Waals surface area contributed by atoms with Crippen LogP contribution >= 0.6 is 0 Å². The topological polar surface area (TPSA) is 57.2 Å². The van der Waals surface area contributed by atoms with Crippen LogP contribution in [0.5, 0.6) is 23.0 Å². The van der Waals surface area contributed by atoms with E-state index < -0.39 is 5.41 Å². The minimum atomic E-state index is -0.922.